The largest absolute Gasteiger partial charge is 0.355 e. The van der Waals surface area contributed by atoms with Crippen molar-refractivity contribution >= 4 is 11.8 Å². The summed E-state index contributed by atoms with van der Waals surface area (Å²) in [6, 6.07) is 15.9. The number of nitrogens with one attached hydrogen (secondary N) is 1. The van der Waals surface area contributed by atoms with E-state index in [-0.39, 0.29) is 11.8 Å². The van der Waals surface area contributed by atoms with Crippen molar-refractivity contribution in [3.63, 3.8) is 0 Å². The molecule has 0 heterocycles. The molecule has 0 spiro atoms. The maximum atomic E-state index is 13.1. The van der Waals surface area contributed by atoms with Crippen LogP contribution in [-0.4, -0.2) is 29.3 Å². The minimum atomic E-state index is -0.505. The van der Waals surface area contributed by atoms with Crippen molar-refractivity contribution in [3.05, 3.63) is 70.8 Å². The smallest absolute Gasteiger partial charge is 0.242 e. The second kappa shape index (κ2) is 10.6. The molecule has 0 saturated carbocycles. The van der Waals surface area contributed by atoms with Crippen LogP contribution in [0.15, 0.2) is 48.5 Å². The second-order valence-corrected chi connectivity index (χ2v) is 7.19. The summed E-state index contributed by atoms with van der Waals surface area (Å²) in [5.41, 5.74) is 4.63. The number of benzene rings is 2. The molecule has 2 aromatic carbocycles. The number of likely N-dealkylation sites (N-methyl/N-ethyl adjacent to an activating group) is 1. The Hall–Kier alpha value is -2.62. The molecule has 4 nitrogen and oxygen atoms in total. The molecular weight excluding hydrogens is 348 g/mol. The van der Waals surface area contributed by atoms with E-state index < -0.39 is 6.04 Å². The summed E-state index contributed by atoms with van der Waals surface area (Å²) >= 11 is 0. The highest BCUT2D eigenvalue weighted by molar-refractivity contribution is 5.87. The summed E-state index contributed by atoms with van der Waals surface area (Å²) in [5, 5.41) is 2.83. The van der Waals surface area contributed by atoms with Gasteiger partial charge in [-0.3, -0.25) is 9.59 Å². The Morgan fingerprint density at radius 3 is 2.25 bits per heavy atom. The quantitative estimate of drug-likeness (QED) is 0.714. The molecule has 0 aromatic heterocycles. The summed E-state index contributed by atoms with van der Waals surface area (Å²) in [6.07, 6.45) is 2.07. The molecule has 0 aliphatic rings. The lowest BCUT2D eigenvalue weighted by atomic mass is 10.0. The van der Waals surface area contributed by atoms with Crippen LogP contribution < -0.4 is 5.32 Å². The van der Waals surface area contributed by atoms with Gasteiger partial charge in [0.15, 0.2) is 0 Å². The van der Waals surface area contributed by atoms with Crippen LogP contribution in [-0.2, 0) is 29.0 Å². The van der Waals surface area contributed by atoms with Gasteiger partial charge in [0.05, 0.1) is 0 Å². The van der Waals surface area contributed by atoms with E-state index in [2.05, 4.69) is 36.5 Å². The van der Waals surface area contributed by atoms with Gasteiger partial charge in [0.1, 0.15) is 6.04 Å². The maximum absolute atomic E-state index is 13.1. The van der Waals surface area contributed by atoms with E-state index in [9.17, 15) is 9.59 Å². The fourth-order valence-electron chi connectivity index (χ4n) is 3.21. The van der Waals surface area contributed by atoms with E-state index >= 15 is 0 Å². The van der Waals surface area contributed by atoms with Crippen molar-refractivity contribution in [3.8, 4) is 0 Å². The molecule has 0 aliphatic heterocycles. The molecule has 0 bridgehead atoms. The molecule has 2 amide bonds. The first-order valence-corrected chi connectivity index (χ1v) is 10.2. The summed E-state index contributed by atoms with van der Waals surface area (Å²) in [5.74, 6) is -0.113. The van der Waals surface area contributed by atoms with Gasteiger partial charge in [-0.05, 0) is 55.9 Å². The van der Waals surface area contributed by atoms with Gasteiger partial charge in [-0.15, -0.1) is 0 Å². The monoisotopic (exact) mass is 380 g/mol. The molecule has 0 aliphatic carbocycles. The molecule has 150 valence electrons. The van der Waals surface area contributed by atoms with Gasteiger partial charge in [0.2, 0.25) is 11.8 Å². The van der Waals surface area contributed by atoms with Crippen LogP contribution in [0.2, 0.25) is 0 Å². The fraction of sp³-hybridized carbons (Fsp3) is 0.417. The van der Waals surface area contributed by atoms with Crippen molar-refractivity contribution < 1.29 is 9.59 Å². The number of hydrogen-bond acceptors (Lipinski definition) is 2. The van der Waals surface area contributed by atoms with Gasteiger partial charge in [0, 0.05) is 19.5 Å². The zero-order chi connectivity index (χ0) is 20.5. The predicted molar refractivity (Wildman–Crippen MR) is 114 cm³/mol. The van der Waals surface area contributed by atoms with Crippen LogP contribution in [0.25, 0.3) is 0 Å². The number of rotatable bonds is 9. The van der Waals surface area contributed by atoms with Crippen molar-refractivity contribution in [1.29, 1.82) is 0 Å². The lowest BCUT2D eigenvalue weighted by molar-refractivity contribution is -0.140. The molecule has 0 saturated heterocycles. The molecule has 0 radical (unpaired) electrons. The molecule has 0 unspecified atom stereocenters. The second-order valence-electron chi connectivity index (χ2n) is 7.19. The van der Waals surface area contributed by atoms with Gasteiger partial charge in [-0.1, -0.05) is 55.5 Å². The Labute approximate surface area is 169 Å². The summed E-state index contributed by atoms with van der Waals surface area (Å²) < 4.78 is 0. The minimum Gasteiger partial charge on any atom is -0.355 e. The van der Waals surface area contributed by atoms with Crippen molar-refractivity contribution in [2.45, 2.75) is 59.5 Å². The highest BCUT2D eigenvalue weighted by atomic mass is 16.2. The molecule has 0 fully saturated rings. The minimum absolute atomic E-state index is 0.00146. The average Bonchev–Trinajstić information content (AvgIpc) is 2.71. The Morgan fingerprint density at radius 1 is 1.00 bits per heavy atom. The van der Waals surface area contributed by atoms with E-state index in [1.54, 1.807) is 11.8 Å². The van der Waals surface area contributed by atoms with Crippen LogP contribution in [0.5, 0.6) is 0 Å². The Balaban J connectivity index is 2.12. The highest BCUT2D eigenvalue weighted by Crippen LogP contribution is 2.16. The fourth-order valence-corrected chi connectivity index (χ4v) is 3.21. The topological polar surface area (TPSA) is 49.4 Å². The number of nitrogens with zero attached hydrogens (tertiary/aromatic N) is 1. The van der Waals surface area contributed by atoms with Crippen molar-refractivity contribution in [1.82, 2.24) is 10.2 Å². The SMILES string of the molecule is CCNC(=O)[C@@H](C)N(Cc1ccccc1C)C(=O)CCc1ccc(CC)cc1. The number of hydrogen-bond donors (Lipinski definition) is 1. The van der Waals surface area contributed by atoms with Gasteiger partial charge >= 0.3 is 0 Å². The molecule has 2 rings (SSSR count). The van der Waals surface area contributed by atoms with Crippen molar-refractivity contribution in [2.24, 2.45) is 0 Å². The number of amides is 2. The zero-order valence-corrected chi connectivity index (χ0v) is 17.5. The van der Waals surface area contributed by atoms with E-state index in [0.717, 1.165) is 23.1 Å². The Morgan fingerprint density at radius 2 is 1.64 bits per heavy atom. The van der Waals surface area contributed by atoms with E-state index in [0.29, 0.717) is 25.9 Å². The van der Waals surface area contributed by atoms with Gasteiger partial charge in [0.25, 0.3) is 0 Å². The van der Waals surface area contributed by atoms with Crippen LogP contribution in [0.3, 0.4) is 0 Å². The lowest BCUT2D eigenvalue weighted by Gasteiger charge is -2.29. The third kappa shape index (κ3) is 5.95. The number of carbonyl (C=O) groups excluding carboxylic acids is 2. The predicted octanol–water partition coefficient (Wildman–Crippen LogP) is 4.04. The molecule has 1 atom stereocenters. The van der Waals surface area contributed by atoms with E-state index in [4.69, 9.17) is 0 Å². The van der Waals surface area contributed by atoms with Crippen LogP contribution >= 0.6 is 0 Å². The van der Waals surface area contributed by atoms with Crippen LogP contribution in [0.1, 0.15) is 49.4 Å². The third-order valence-corrected chi connectivity index (χ3v) is 5.18. The molecule has 4 heteroatoms. The number of carbonyl (C=O) groups is 2. The van der Waals surface area contributed by atoms with Gasteiger partial charge < -0.3 is 10.2 Å². The first-order valence-electron chi connectivity index (χ1n) is 10.2. The maximum Gasteiger partial charge on any atom is 0.242 e. The van der Waals surface area contributed by atoms with E-state index in [1.807, 2.05) is 38.1 Å². The first-order chi connectivity index (χ1) is 13.5. The first kappa shape index (κ1) is 21.7. The van der Waals surface area contributed by atoms with Crippen LogP contribution in [0, 0.1) is 6.92 Å². The van der Waals surface area contributed by atoms with Gasteiger partial charge in [-0.25, -0.2) is 0 Å². The molecule has 2 aromatic rings. The lowest BCUT2D eigenvalue weighted by Crippen LogP contribution is -2.47. The highest BCUT2D eigenvalue weighted by Gasteiger charge is 2.25. The standard InChI is InChI=1S/C24H32N2O2/c1-5-20-11-13-21(14-12-20)15-16-23(27)26(19(4)24(28)25-6-2)17-22-10-8-7-9-18(22)3/h7-14,19H,5-6,15-17H2,1-4H3,(H,25,28)/t19-/m1/s1. The Bertz CT molecular complexity index is 783. The molecule has 28 heavy (non-hydrogen) atoms. The summed E-state index contributed by atoms with van der Waals surface area (Å²) in [7, 11) is 0. The molecular formula is C24H32N2O2. The number of aryl methyl sites for hydroxylation is 3. The zero-order valence-electron chi connectivity index (χ0n) is 17.5. The normalized spacial score (nSPS) is 11.7. The van der Waals surface area contributed by atoms with Crippen LogP contribution in [0.4, 0.5) is 0 Å². The van der Waals surface area contributed by atoms with Gasteiger partial charge in [-0.2, -0.15) is 0 Å². The summed E-state index contributed by atoms with van der Waals surface area (Å²) in [4.78, 5) is 27.2. The van der Waals surface area contributed by atoms with E-state index in [1.165, 1.54) is 5.56 Å². The average molecular weight is 381 g/mol. The molecule has 1 N–H and O–H groups in total. The third-order valence-electron chi connectivity index (χ3n) is 5.18. The summed E-state index contributed by atoms with van der Waals surface area (Å²) in [6.45, 7) is 8.85. The van der Waals surface area contributed by atoms with Crippen molar-refractivity contribution in [2.75, 3.05) is 6.54 Å². The Kier molecular flexibility index (Phi) is 8.24.